The van der Waals surface area contributed by atoms with E-state index in [0.717, 1.165) is 23.0 Å². The van der Waals surface area contributed by atoms with Crippen LogP contribution < -0.4 is 4.90 Å². The summed E-state index contributed by atoms with van der Waals surface area (Å²) in [5.74, 6) is 0.279. The van der Waals surface area contributed by atoms with Gasteiger partial charge in [-0.25, -0.2) is 0 Å². The monoisotopic (exact) mass is 265 g/mol. The van der Waals surface area contributed by atoms with Gasteiger partial charge in [0.1, 0.15) is 0 Å². The van der Waals surface area contributed by atoms with Crippen LogP contribution in [0.5, 0.6) is 0 Å². The number of nitrogens with zero attached hydrogens (tertiary/aromatic N) is 1. The average Bonchev–Trinajstić information content (AvgIpc) is 2.35. The first-order valence-electron chi connectivity index (χ1n) is 5.23. The molecule has 3 rings (SSSR count). The Hall–Kier alpha value is -0.830. The van der Waals surface area contributed by atoms with Gasteiger partial charge >= 0.3 is 0 Å². The number of carbonyl (C=O) groups is 1. The van der Waals surface area contributed by atoms with Crippen molar-refractivity contribution in [2.75, 3.05) is 11.9 Å². The van der Waals surface area contributed by atoms with E-state index in [1.54, 1.807) is 4.90 Å². The van der Waals surface area contributed by atoms with Crippen molar-refractivity contribution in [3.05, 3.63) is 28.2 Å². The lowest BCUT2D eigenvalue weighted by Crippen LogP contribution is -2.43. The Labute approximate surface area is 97.4 Å². The molecule has 1 saturated carbocycles. The Bertz CT molecular complexity index is 451. The highest BCUT2D eigenvalue weighted by atomic mass is 79.9. The molecular weight excluding hydrogens is 254 g/mol. The highest BCUT2D eigenvalue weighted by Gasteiger charge is 2.53. The van der Waals surface area contributed by atoms with Crippen LogP contribution in [0.4, 0.5) is 5.69 Å². The summed E-state index contributed by atoms with van der Waals surface area (Å²) in [6, 6.07) is 6.14. The Morgan fingerprint density at radius 3 is 2.73 bits per heavy atom. The van der Waals surface area contributed by atoms with Gasteiger partial charge in [-0.3, -0.25) is 4.79 Å². The van der Waals surface area contributed by atoms with Gasteiger partial charge in [0.25, 0.3) is 0 Å². The van der Waals surface area contributed by atoms with Gasteiger partial charge in [-0.1, -0.05) is 22.4 Å². The highest BCUT2D eigenvalue weighted by molar-refractivity contribution is 9.10. The van der Waals surface area contributed by atoms with E-state index in [2.05, 4.69) is 22.0 Å². The lowest BCUT2D eigenvalue weighted by atomic mass is 9.65. The maximum Gasteiger partial charge on any atom is 0.237 e. The van der Waals surface area contributed by atoms with Gasteiger partial charge in [-0.2, -0.15) is 0 Å². The summed E-state index contributed by atoms with van der Waals surface area (Å²) in [5.41, 5.74) is 2.13. The number of halogens is 1. The van der Waals surface area contributed by atoms with Crippen molar-refractivity contribution in [2.45, 2.75) is 24.7 Å². The summed E-state index contributed by atoms with van der Waals surface area (Å²) in [6.07, 6.45) is 3.20. The molecule has 78 valence electrons. The molecule has 1 heterocycles. The predicted octanol–water partition coefficient (Wildman–Crippen LogP) is 2.85. The molecule has 0 saturated heterocycles. The van der Waals surface area contributed by atoms with E-state index >= 15 is 0 Å². The SMILES string of the molecule is CN1C(=O)C2(CCC2)c2cc(Br)ccc21. The van der Waals surface area contributed by atoms with E-state index in [-0.39, 0.29) is 11.3 Å². The lowest BCUT2D eigenvalue weighted by Gasteiger charge is -2.36. The Balaban J connectivity index is 2.23. The fourth-order valence-corrected chi connectivity index (χ4v) is 3.10. The topological polar surface area (TPSA) is 20.3 Å². The lowest BCUT2D eigenvalue weighted by molar-refractivity contribution is -0.125. The van der Waals surface area contributed by atoms with Crippen molar-refractivity contribution in [3.63, 3.8) is 0 Å². The number of likely N-dealkylation sites (N-methyl/N-ethyl adjacent to an activating group) is 1. The van der Waals surface area contributed by atoms with Crippen LogP contribution in [0.1, 0.15) is 24.8 Å². The van der Waals surface area contributed by atoms with Crippen LogP contribution >= 0.6 is 15.9 Å². The zero-order valence-corrected chi connectivity index (χ0v) is 10.2. The number of hydrogen-bond acceptors (Lipinski definition) is 1. The van der Waals surface area contributed by atoms with Crippen molar-refractivity contribution in [1.82, 2.24) is 0 Å². The van der Waals surface area contributed by atoms with E-state index in [1.165, 1.54) is 12.0 Å². The minimum atomic E-state index is -0.173. The van der Waals surface area contributed by atoms with E-state index in [0.29, 0.717) is 0 Å². The fraction of sp³-hybridized carbons (Fsp3) is 0.417. The molecule has 0 atom stereocenters. The maximum absolute atomic E-state index is 12.2. The number of amides is 1. The molecule has 0 radical (unpaired) electrons. The molecule has 1 fully saturated rings. The molecule has 1 aromatic rings. The van der Waals surface area contributed by atoms with Gasteiger partial charge in [0.2, 0.25) is 5.91 Å². The predicted molar refractivity (Wildman–Crippen MR) is 63.1 cm³/mol. The summed E-state index contributed by atoms with van der Waals surface area (Å²) in [4.78, 5) is 14.0. The summed E-state index contributed by atoms with van der Waals surface area (Å²) in [7, 11) is 1.88. The van der Waals surface area contributed by atoms with Crippen LogP contribution in [-0.2, 0) is 10.2 Å². The molecule has 15 heavy (non-hydrogen) atoms. The molecule has 1 spiro atoms. The molecular formula is C12H12BrNO. The number of carbonyl (C=O) groups excluding carboxylic acids is 1. The van der Waals surface area contributed by atoms with Crippen molar-refractivity contribution in [1.29, 1.82) is 0 Å². The van der Waals surface area contributed by atoms with E-state index in [9.17, 15) is 4.79 Å². The van der Waals surface area contributed by atoms with Crippen LogP contribution in [0, 0.1) is 0 Å². The normalized spacial score (nSPS) is 21.7. The summed E-state index contributed by atoms with van der Waals surface area (Å²) in [6.45, 7) is 0. The summed E-state index contributed by atoms with van der Waals surface area (Å²) >= 11 is 3.48. The molecule has 2 nitrogen and oxygen atoms in total. The first-order valence-corrected chi connectivity index (χ1v) is 6.03. The van der Waals surface area contributed by atoms with E-state index in [1.807, 2.05) is 19.2 Å². The molecule has 2 aliphatic rings. The van der Waals surface area contributed by atoms with Gasteiger partial charge in [0.15, 0.2) is 0 Å². The standard InChI is InChI=1S/C12H12BrNO/c1-14-10-4-3-8(13)7-9(10)12(11(14)15)5-2-6-12/h3-4,7H,2,5-6H2,1H3. The van der Waals surface area contributed by atoms with E-state index in [4.69, 9.17) is 0 Å². The van der Waals surface area contributed by atoms with Crippen molar-refractivity contribution >= 4 is 27.5 Å². The number of rotatable bonds is 0. The maximum atomic E-state index is 12.2. The molecule has 0 unspecified atom stereocenters. The molecule has 0 bridgehead atoms. The number of hydrogen-bond donors (Lipinski definition) is 0. The van der Waals surface area contributed by atoms with E-state index < -0.39 is 0 Å². The Morgan fingerprint density at radius 1 is 1.40 bits per heavy atom. The number of benzene rings is 1. The molecule has 3 heteroatoms. The molecule has 1 aliphatic heterocycles. The smallest absolute Gasteiger partial charge is 0.237 e. The second kappa shape index (κ2) is 2.85. The second-order valence-electron chi connectivity index (χ2n) is 4.46. The average molecular weight is 266 g/mol. The third-order valence-electron chi connectivity index (χ3n) is 3.76. The van der Waals surface area contributed by atoms with Crippen LogP contribution in [-0.4, -0.2) is 13.0 Å². The van der Waals surface area contributed by atoms with Crippen LogP contribution in [0.15, 0.2) is 22.7 Å². The molecule has 1 aliphatic carbocycles. The summed E-state index contributed by atoms with van der Waals surface area (Å²) in [5, 5.41) is 0. The first kappa shape index (κ1) is 9.40. The van der Waals surface area contributed by atoms with Gasteiger partial charge < -0.3 is 4.90 Å². The number of anilines is 1. The number of fused-ring (bicyclic) bond motifs is 2. The highest BCUT2D eigenvalue weighted by Crippen LogP contribution is 2.53. The quantitative estimate of drug-likeness (QED) is 0.707. The molecule has 1 aromatic carbocycles. The van der Waals surface area contributed by atoms with Gasteiger partial charge in [0.05, 0.1) is 5.41 Å². The molecule has 0 aromatic heterocycles. The van der Waals surface area contributed by atoms with Gasteiger partial charge in [-0.05, 0) is 36.6 Å². The van der Waals surface area contributed by atoms with Crippen molar-refractivity contribution < 1.29 is 4.79 Å². The van der Waals surface area contributed by atoms with Gasteiger partial charge in [0, 0.05) is 17.2 Å². The largest absolute Gasteiger partial charge is 0.314 e. The van der Waals surface area contributed by atoms with Gasteiger partial charge in [-0.15, -0.1) is 0 Å². The Kier molecular flexibility index (Phi) is 1.78. The third kappa shape index (κ3) is 1.02. The zero-order valence-electron chi connectivity index (χ0n) is 8.59. The van der Waals surface area contributed by atoms with Crippen LogP contribution in [0.25, 0.3) is 0 Å². The second-order valence-corrected chi connectivity index (χ2v) is 5.38. The molecule has 1 amide bonds. The van der Waals surface area contributed by atoms with Crippen molar-refractivity contribution in [2.24, 2.45) is 0 Å². The third-order valence-corrected chi connectivity index (χ3v) is 4.25. The fourth-order valence-electron chi connectivity index (χ4n) is 2.74. The summed E-state index contributed by atoms with van der Waals surface area (Å²) < 4.78 is 1.07. The first-order chi connectivity index (χ1) is 7.15. The minimum absolute atomic E-state index is 0.173. The molecule has 0 N–H and O–H groups in total. The Morgan fingerprint density at radius 2 is 2.13 bits per heavy atom. The minimum Gasteiger partial charge on any atom is -0.314 e. The van der Waals surface area contributed by atoms with Crippen LogP contribution in [0.3, 0.4) is 0 Å². The zero-order chi connectivity index (χ0) is 10.6. The van der Waals surface area contributed by atoms with Crippen LogP contribution in [0.2, 0.25) is 0 Å². The van der Waals surface area contributed by atoms with Crippen molar-refractivity contribution in [3.8, 4) is 0 Å².